The molecule has 2 heterocycles. The summed E-state index contributed by atoms with van der Waals surface area (Å²) < 4.78 is 0. The number of likely N-dealkylation sites (tertiary alicyclic amines) is 1. The van der Waals surface area contributed by atoms with Crippen molar-refractivity contribution in [2.24, 2.45) is 11.8 Å². The molecule has 0 aromatic rings. The number of hydrogen-bond acceptors (Lipinski definition) is 3. The van der Waals surface area contributed by atoms with E-state index in [2.05, 4.69) is 49.7 Å². The summed E-state index contributed by atoms with van der Waals surface area (Å²) in [6.45, 7) is 14.3. The van der Waals surface area contributed by atoms with Crippen LogP contribution < -0.4 is 5.32 Å². The normalized spacial score (nSPS) is 31.1. The van der Waals surface area contributed by atoms with E-state index in [4.69, 9.17) is 0 Å². The van der Waals surface area contributed by atoms with Crippen molar-refractivity contribution < 1.29 is 4.79 Å². The lowest BCUT2D eigenvalue weighted by Gasteiger charge is -2.27. The molecule has 4 heteroatoms. The lowest BCUT2D eigenvalue weighted by Crippen LogP contribution is -2.41. The van der Waals surface area contributed by atoms with Crippen LogP contribution in [-0.2, 0) is 4.79 Å². The average molecular weight is 295 g/mol. The summed E-state index contributed by atoms with van der Waals surface area (Å²) in [6, 6.07) is 0.640. The Morgan fingerprint density at radius 2 is 2.00 bits per heavy atom. The quantitative estimate of drug-likeness (QED) is 0.817. The molecule has 0 radical (unpaired) electrons. The van der Waals surface area contributed by atoms with Crippen molar-refractivity contribution in [1.82, 2.24) is 15.1 Å². The zero-order valence-corrected chi connectivity index (χ0v) is 14.4. The molecule has 122 valence electrons. The van der Waals surface area contributed by atoms with Gasteiger partial charge >= 0.3 is 0 Å². The number of nitrogens with zero attached hydrogens (tertiary/aromatic N) is 2. The second-order valence-corrected chi connectivity index (χ2v) is 7.43. The molecule has 3 unspecified atom stereocenters. The smallest absolute Gasteiger partial charge is 0.241 e. The van der Waals surface area contributed by atoms with Crippen LogP contribution in [0.3, 0.4) is 0 Å². The summed E-state index contributed by atoms with van der Waals surface area (Å²) in [5.41, 5.74) is 0. The molecular weight excluding hydrogens is 262 g/mol. The van der Waals surface area contributed by atoms with Crippen LogP contribution in [0.4, 0.5) is 0 Å². The highest BCUT2D eigenvalue weighted by molar-refractivity contribution is 5.84. The molecule has 0 bridgehead atoms. The molecule has 1 N–H and O–H groups in total. The fourth-order valence-corrected chi connectivity index (χ4v) is 3.67. The van der Waals surface area contributed by atoms with Crippen LogP contribution in [-0.4, -0.2) is 53.6 Å². The third-order valence-electron chi connectivity index (χ3n) is 5.03. The maximum atomic E-state index is 12.7. The van der Waals surface area contributed by atoms with Crippen LogP contribution in [0.2, 0.25) is 0 Å². The predicted octanol–water partition coefficient (Wildman–Crippen LogP) is 2.30. The van der Waals surface area contributed by atoms with Crippen molar-refractivity contribution in [3.63, 3.8) is 0 Å². The van der Waals surface area contributed by atoms with E-state index in [0.717, 1.165) is 25.9 Å². The van der Waals surface area contributed by atoms with Crippen LogP contribution >= 0.6 is 0 Å². The largest absolute Gasteiger partial charge is 0.325 e. The minimum atomic E-state index is 0.0177. The van der Waals surface area contributed by atoms with Gasteiger partial charge in [-0.25, -0.2) is 0 Å². The zero-order chi connectivity index (χ0) is 15.6. The Labute approximate surface area is 130 Å². The van der Waals surface area contributed by atoms with Crippen LogP contribution in [0.15, 0.2) is 0 Å². The molecule has 0 saturated carbocycles. The summed E-state index contributed by atoms with van der Waals surface area (Å²) >= 11 is 0. The molecule has 2 rings (SSSR count). The van der Waals surface area contributed by atoms with Crippen molar-refractivity contribution in [3.8, 4) is 0 Å². The van der Waals surface area contributed by atoms with E-state index in [9.17, 15) is 4.79 Å². The van der Waals surface area contributed by atoms with Crippen LogP contribution in [0.25, 0.3) is 0 Å². The zero-order valence-electron chi connectivity index (χ0n) is 14.4. The van der Waals surface area contributed by atoms with Crippen LogP contribution in [0.5, 0.6) is 0 Å². The van der Waals surface area contributed by atoms with Gasteiger partial charge in [-0.2, -0.15) is 0 Å². The predicted molar refractivity (Wildman–Crippen MR) is 87.0 cm³/mol. The van der Waals surface area contributed by atoms with Crippen LogP contribution in [0.1, 0.15) is 53.9 Å². The third-order valence-corrected chi connectivity index (χ3v) is 5.03. The number of hydrogen-bond donors (Lipinski definition) is 1. The number of carbonyl (C=O) groups excluding carboxylic acids is 1. The molecule has 2 saturated heterocycles. The Hall–Kier alpha value is -0.610. The monoisotopic (exact) mass is 295 g/mol. The Bertz CT molecular complexity index is 356. The van der Waals surface area contributed by atoms with Gasteiger partial charge in [-0.3, -0.25) is 10.1 Å². The average Bonchev–Trinajstić information content (AvgIpc) is 2.99. The summed E-state index contributed by atoms with van der Waals surface area (Å²) in [5, 5.41) is 3.56. The van der Waals surface area contributed by atoms with E-state index in [-0.39, 0.29) is 12.2 Å². The van der Waals surface area contributed by atoms with Gasteiger partial charge in [0.2, 0.25) is 5.91 Å². The first-order valence-corrected chi connectivity index (χ1v) is 8.74. The maximum Gasteiger partial charge on any atom is 0.241 e. The molecule has 0 aromatic carbocycles. The van der Waals surface area contributed by atoms with Gasteiger partial charge in [0.25, 0.3) is 0 Å². The molecule has 0 aromatic heterocycles. The summed E-state index contributed by atoms with van der Waals surface area (Å²) in [7, 11) is 0. The molecule has 21 heavy (non-hydrogen) atoms. The molecule has 2 fully saturated rings. The lowest BCUT2D eigenvalue weighted by atomic mass is 10.0. The van der Waals surface area contributed by atoms with Gasteiger partial charge in [-0.15, -0.1) is 0 Å². The molecule has 1 amide bonds. The van der Waals surface area contributed by atoms with E-state index >= 15 is 0 Å². The van der Waals surface area contributed by atoms with Gasteiger partial charge in [-0.05, 0) is 45.1 Å². The molecule has 2 aliphatic heterocycles. The number of nitrogens with one attached hydrogen (secondary N) is 1. The maximum absolute atomic E-state index is 12.7. The van der Waals surface area contributed by atoms with E-state index in [1.165, 1.54) is 13.0 Å². The highest BCUT2D eigenvalue weighted by Crippen LogP contribution is 2.25. The number of amides is 1. The molecule has 4 nitrogen and oxygen atoms in total. The van der Waals surface area contributed by atoms with Crippen molar-refractivity contribution in [2.75, 3.05) is 19.6 Å². The topological polar surface area (TPSA) is 35.6 Å². The van der Waals surface area contributed by atoms with Gasteiger partial charge in [-0.1, -0.05) is 27.2 Å². The first-order chi connectivity index (χ1) is 9.93. The summed E-state index contributed by atoms with van der Waals surface area (Å²) in [5.74, 6) is 1.34. The Balaban J connectivity index is 1.98. The van der Waals surface area contributed by atoms with E-state index in [0.29, 0.717) is 23.8 Å². The van der Waals surface area contributed by atoms with Gasteiger partial charge in [0.15, 0.2) is 0 Å². The Morgan fingerprint density at radius 3 is 2.52 bits per heavy atom. The number of carbonyl (C=O) groups is 1. The highest BCUT2D eigenvalue weighted by Gasteiger charge is 2.41. The summed E-state index contributed by atoms with van der Waals surface area (Å²) in [6.07, 6.45) is 3.67. The van der Waals surface area contributed by atoms with E-state index < -0.39 is 0 Å². The Kier molecular flexibility index (Phi) is 5.67. The van der Waals surface area contributed by atoms with Crippen LogP contribution in [0, 0.1) is 11.8 Å². The molecular formula is C17H33N3O. The van der Waals surface area contributed by atoms with E-state index in [1.807, 2.05) is 0 Å². The fourth-order valence-electron chi connectivity index (χ4n) is 3.67. The molecule has 2 aliphatic rings. The third kappa shape index (κ3) is 3.78. The lowest BCUT2D eigenvalue weighted by molar-refractivity contribution is -0.131. The van der Waals surface area contributed by atoms with Crippen molar-refractivity contribution >= 4 is 5.91 Å². The second-order valence-electron chi connectivity index (χ2n) is 7.43. The SMILES string of the molecule is CCCC1NC(C(C)C)C(=O)N1CC1CCN(C(C)C)C1. The van der Waals surface area contributed by atoms with Gasteiger partial charge in [0.1, 0.15) is 0 Å². The standard InChI is InChI=1S/C17H33N3O/c1-6-7-15-18-16(12(2)3)17(21)20(15)11-14-8-9-19(10-14)13(4)5/h12-16,18H,6-11H2,1-5H3. The molecule has 3 atom stereocenters. The second kappa shape index (κ2) is 7.10. The molecule has 0 spiro atoms. The van der Waals surface area contributed by atoms with E-state index in [1.54, 1.807) is 0 Å². The fraction of sp³-hybridized carbons (Fsp3) is 0.941. The van der Waals surface area contributed by atoms with Gasteiger partial charge in [0, 0.05) is 19.1 Å². The first kappa shape index (κ1) is 16.8. The summed E-state index contributed by atoms with van der Waals surface area (Å²) in [4.78, 5) is 17.4. The molecule has 0 aliphatic carbocycles. The Morgan fingerprint density at radius 1 is 1.29 bits per heavy atom. The van der Waals surface area contributed by atoms with Crippen molar-refractivity contribution in [3.05, 3.63) is 0 Å². The number of rotatable bonds is 6. The van der Waals surface area contributed by atoms with Crippen molar-refractivity contribution in [1.29, 1.82) is 0 Å². The minimum absolute atomic E-state index is 0.0177. The highest BCUT2D eigenvalue weighted by atomic mass is 16.2. The first-order valence-electron chi connectivity index (χ1n) is 8.74. The van der Waals surface area contributed by atoms with Crippen molar-refractivity contribution in [2.45, 2.75) is 72.1 Å². The van der Waals surface area contributed by atoms with Gasteiger partial charge < -0.3 is 9.80 Å². The minimum Gasteiger partial charge on any atom is -0.325 e. The van der Waals surface area contributed by atoms with Gasteiger partial charge in [0.05, 0.1) is 12.2 Å².